The summed E-state index contributed by atoms with van der Waals surface area (Å²) in [5.74, 6) is 0.714. The predicted molar refractivity (Wildman–Crippen MR) is 94.0 cm³/mol. The van der Waals surface area contributed by atoms with Crippen LogP contribution in [0.3, 0.4) is 0 Å². The summed E-state index contributed by atoms with van der Waals surface area (Å²) in [5, 5.41) is 0. The molecule has 0 atom stereocenters. The lowest BCUT2D eigenvalue weighted by molar-refractivity contribution is 0.0500. The molecule has 0 radical (unpaired) electrons. The van der Waals surface area contributed by atoms with Crippen LogP contribution in [-0.4, -0.2) is 44.1 Å². The molecule has 0 aliphatic carbocycles. The second-order valence-corrected chi connectivity index (χ2v) is 5.88. The molecule has 0 N–H and O–H groups in total. The Morgan fingerprint density at radius 2 is 1.92 bits per heavy atom. The van der Waals surface area contributed by atoms with E-state index in [9.17, 15) is 4.79 Å². The van der Waals surface area contributed by atoms with Gasteiger partial charge in [0, 0.05) is 29.4 Å². The lowest BCUT2D eigenvalue weighted by Crippen LogP contribution is -2.06. The maximum absolute atomic E-state index is 11.5. The third-order valence-electron chi connectivity index (χ3n) is 3.43. The zero-order chi connectivity index (χ0) is 18.2. The number of nitrogens with zero attached hydrogens (tertiary/aromatic N) is 2. The van der Waals surface area contributed by atoms with E-state index in [0.717, 1.165) is 15.7 Å². The molecule has 2 aromatic rings. The number of aryl methyl sites for hydroxylation is 2. The minimum Gasteiger partial charge on any atom is -0.481 e. The standard InChI is InChI=1S/C17H19BrN2O5/c1-22-10-25-15-9-20-16(23-2)7-11(15)4-5-14-13(18)6-12(8-19-14)17(21)24-3/h6-9H,4-5,10H2,1-3H3. The molecule has 7 nitrogen and oxygen atoms in total. The Balaban J connectivity index is 2.15. The first kappa shape index (κ1) is 19.1. The minimum atomic E-state index is -0.422. The number of methoxy groups -OCH3 is 3. The van der Waals surface area contributed by atoms with Gasteiger partial charge in [0.05, 0.1) is 31.7 Å². The summed E-state index contributed by atoms with van der Waals surface area (Å²) in [4.78, 5) is 20.0. The van der Waals surface area contributed by atoms with E-state index in [4.69, 9.17) is 18.9 Å². The highest BCUT2D eigenvalue weighted by molar-refractivity contribution is 9.10. The summed E-state index contributed by atoms with van der Waals surface area (Å²) in [7, 11) is 4.45. The molecule has 8 heteroatoms. The van der Waals surface area contributed by atoms with Gasteiger partial charge in [-0.25, -0.2) is 9.78 Å². The van der Waals surface area contributed by atoms with Gasteiger partial charge in [0.15, 0.2) is 6.79 Å². The van der Waals surface area contributed by atoms with Crippen molar-refractivity contribution in [1.82, 2.24) is 9.97 Å². The first-order valence-electron chi connectivity index (χ1n) is 7.46. The van der Waals surface area contributed by atoms with Crippen LogP contribution in [0.25, 0.3) is 0 Å². The molecule has 0 aliphatic heterocycles. The van der Waals surface area contributed by atoms with Gasteiger partial charge in [-0.15, -0.1) is 0 Å². The Labute approximate surface area is 154 Å². The quantitative estimate of drug-likeness (QED) is 0.488. The van der Waals surface area contributed by atoms with E-state index in [1.165, 1.54) is 13.3 Å². The van der Waals surface area contributed by atoms with Gasteiger partial charge in [-0.3, -0.25) is 4.98 Å². The van der Waals surface area contributed by atoms with Crippen LogP contribution in [0.1, 0.15) is 21.6 Å². The fourth-order valence-electron chi connectivity index (χ4n) is 2.15. The summed E-state index contributed by atoms with van der Waals surface area (Å²) < 4.78 is 21.1. The lowest BCUT2D eigenvalue weighted by Gasteiger charge is -2.12. The van der Waals surface area contributed by atoms with Crippen LogP contribution in [0.15, 0.2) is 29.0 Å². The Hall–Kier alpha value is -2.19. The van der Waals surface area contributed by atoms with Crippen LogP contribution < -0.4 is 9.47 Å². The van der Waals surface area contributed by atoms with Crippen molar-refractivity contribution in [1.29, 1.82) is 0 Å². The Kier molecular flexibility index (Phi) is 7.15. The Morgan fingerprint density at radius 1 is 1.12 bits per heavy atom. The van der Waals surface area contributed by atoms with Crippen molar-refractivity contribution >= 4 is 21.9 Å². The van der Waals surface area contributed by atoms with Crippen molar-refractivity contribution in [2.45, 2.75) is 12.8 Å². The highest BCUT2D eigenvalue weighted by Crippen LogP contribution is 2.25. The maximum Gasteiger partial charge on any atom is 0.339 e. The normalized spacial score (nSPS) is 10.4. The maximum atomic E-state index is 11.5. The fourth-order valence-corrected chi connectivity index (χ4v) is 2.70. The van der Waals surface area contributed by atoms with E-state index in [-0.39, 0.29) is 6.79 Å². The topological polar surface area (TPSA) is 79.8 Å². The third kappa shape index (κ3) is 5.14. The lowest BCUT2D eigenvalue weighted by atomic mass is 10.1. The molecule has 0 saturated heterocycles. The van der Waals surface area contributed by atoms with E-state index in [2.05, 4.69) is 25.9 Å². The van der Waals surface area contributed by atoms with E-state index < -0.39 is 5.97 Å². The van der Waals surface area contributed by atoms with Crippen LogP contribution >= 0.6 is 15.9 Å². The van der Waals surface area contributed by atoms with Gasteiger partial charge in [-0.1, -0.05) is 0 Å². The molecule has 0 amide bonds. The largest absolute Gasteiger partial charge is 0.481 e. The number of ether oxygens (including phenoxy) is 4. The van der Waals surface area contributed by atoms with Crippen molar-refractivity contribution in [2.24, 2.45) is 0 Å². The van der Waals surface area contributed by atoms with Gasteiger partial charge in [0.25, 0.3) is 0 Å². The zero-order valence-corrected chi connectivity index (χ0v) is 15.8. The first-order valence-corrected chi connectivity index (χ1v) is 8.25. The number of carbonyl (C=O) groups is 1. The van der Waals surface area contributed by atoms with Crippen LogP contribution in [-0.2, 0) is 22.3 Å². The summed E-state index contributed by atoms with van der Waals surface area (Å²) in [6, 6.07) is 3.52. The highest BCUT2D eigenvalue weighted by atomic mass is 79.9. The third-order valence-corrected chi connectivity index (χ3v) is 4.12. The smallest absolute Gasteiger partial charge is 0.339 e. The van der Waals surface area contributed by atoms with Gasteiger partial charge in [0.2, 0.25) is 5.88 Å². The number of rotatable bonds is 8. The summed E-state index contributed by atoms with van der Waals surface area (Å²) in [6.45, 7) is 0.136. The monoisotopic (exact) mass is 410 g/mol. The van der Waals surface area contributed by atoms with Crippen molar-refractivity contribution in [2.75, 3.05) is 28.1 Å². The average molecular weight is 411 g/mol. The SMILES string of the molecule is COCOc1cnc(OC)cc1CCc1ncc(C(=O)OC)cc1Br. The van der Waals surface area contributed by atoms with Crippen molar-refractivity contribution < 1.29 is 23.7 Å². The molecule has 0 fully saturated rings. The summed E-state index contributed by atoms with van der Waals surface area (Å²) in [6.07, 6.45) is 4.40. The molecular formula is C17H19BrN2O5. The molecular weight excluding hydrogens is 392 g/mol. The molecule has 25 heavy (non-hydrogen) atoms. The molecule has 2 heterocycles. The minimum absolute atomic E-state index is 0.136. The fraction of sp³-hybridized carbons (Fsp3) is 0.353. The number of hydrogen-bond acceptors (Lipinski definition) is 7. The second-order valence-electron chi connectivity index (χ2n) is 5.03. The first-order chi connectivity index (χ1) is 12.1. The zero-order valence-electron chi connectivity index (χ0n) is 14.2. The van der Waals surface area contributed by atoms with Gasteiger partial charge < -0.3 is 18.9 Å². The molecule has 0 spiro atoms. The van der Waals surface area contributed by atoms with E-state index in [0.29, 0.717) is 30.0 Å². The van der Waals surface area contributed by atoms with E-state index in [1.54, 1.807) is 26.5 Å². The summed E-state index contributed by atoms with van der Waals surface area (Å²) in [5.41, 5.74) is 2.14. The number of aromatic nitrogens is 2. The van der Waals surface area contributed by atoms with E-state index >= 15 is 0 Å². The van der Waals surface area contributed by atoms with Crippen molar-refractivity contribution in [3.05, 3.63) is 45.8 Å². The number of hydrogen-bond donors (Lipinski definition) is 0. The Morgan fingerprint density at radius 3 is 2.56 bits per heavy atom. The van der Waals surface area contributed by atoms with Crippen LogP contribution in [0.5, 0.6) is 11.6 Å². The average Bonchev–Trinajstić information content (AvgIpc) is 2.64. The second kappa shape index (κ2) is 9.33. The van der Waals surface area contributed by atoms with E-state index in [1.807, 2.05) is 6.07 Å². The molecule has 134 valence electrons. The number of carbonyl (C=O) groups excluding carboxylic acids is 1. The molecule has 2 aromatic heterocycles. The van der Waals surface area contributed by atoms with Crippen LogP contribution in [0.4, 0.5) is 0 Å². The molecule has 2 rings (SSSR count). The van der Waals surface area contributed by atoms with Crippen LogP contribution in [0, 0.1) is 0 Å². The molecule has 0 bridgehead atoms. The van der Waals surface area contributed by atoms with Gasteiger partial charge in [-0.2, -0.15) is 0 Å². The molecule has 0 saturated carbocycles. The Bertz CT molecular complexity index is 739. The molecule has 0 unspecified atom stereocenters. The number of esters is 1. The van der Waals surface area contributed by atoms with Crippen LogP contribution in [0.2, 0.25) is 0 Å². The van der Waals surface area contributed by atoms with Gasteiger partial charge in [-0.05, 0) is 34.8 Å². The summed E-state index contributed by atoms with van der Waals surface area (Å²) >= 11 is 3.45. The van der Waals surface area contributed by atoms with Gasteiger partial charge in [0.1, 0.15) is 5.75 Å². The highest BCUT2D eigenvalue weighted by Gasteiger charge is 2.12. The predicted octanol–water partition coefficient (Wildman–Crippen LogP) is 2.80. The number of pyridine rings is 2. The molecule has 0 aliphatic rings. The van der Waals surface area contributed by atoms with Crippen molar-refractivity contribution in [3.63, 3.8) is 0 Å². The van der Waals surface area contributed by atoms with Gasteiger partial charge >= 0.3 is 5.97 Å². The number of halogens is 1. The van der Waals surface area contributed by atoms with Crippen molar-refractivity contribution in [3.8, 4) is 11.6 Å². The molecule has 0 aromatic carbocycles.